The standard InChI is InChI=1S/C14H19N3O2.CH4/c1-8(2)15-11-6-7-17-12-9(13(11)18)4-3-5-10(12)16-14(17)19;/h3-5,8,11,13,15,18H,6-7H2,1-2H3,(H,16,19);1H4/t11-,13-;/m1./s1. The number of aromatic amines is 1. The third-order valence-electron chi connectivity index (χ3n) is 3.73. The fraction of sp³-hybridized carbons (Fsp3) is 0.533. The highest BCUT2D eigenvalue weighted by Crippen LogP contribution is 2.29. The van der Waals surface area contributed by atoms with E-state index in [0.717, 1.165) is 23.0 Å². The van der Waals surface area contributed by atoms with E-state index in [0.29, 0.717) is 12.6 Å². The third kappa shape index (κ3) is 2.27. The van der Waals surface area contributed by atoms with E-state index in [1.165, 1.54) is 0 Å². The van der Waals surface area contributed by atoms with Crippen LogP contribution in [0.2, 0.25) is 0 Å². The average Bonchev–Trinajstić information content (AvgIpc) is 2.61. The molecule has 0 saturated carbocycles. The van der Waals surface area contributed by atoms with Gasteiger partial charge in [0.2, 0.25) is 0 Å². The van der Waals surface area contributed by atoms with Crippen LogP contribution in [-0.4, -0.2) is 26.7 Å². The number of benzene rings is 1. The van der Waals surface area contributed by atoms with E-state index in [1.54, 1.807) is 4.57 Å². The van der Waals surface area contributed by atoms with Gasteiger partial charge in [0.1, 0.15) is 0 Å². The Bertz CT molecular complexity index is 657. The van der Waals surface area contributed by atoms with Gasteiger partial charge in [-0.3, -0.25) is 4.57 Å². The van der Waals surface area contributed by atoms with Gasteiger partial charge in [-0.2, -0.15) is 0 Å². The van der Waals surface area contributed by atoms with Gasteiger partial charge in [0.05, 0.1) is 17.1 Å². The molecule has 0 bridgehead atoms. The molecule has 1 aliphatic rings. The minimum Gasteiger partial charge on any atom is -0.387 e. The first-order valence-corrected chi connectivity index (χ1v) is 6.73. The first kappa shape index (κ1) is 14.8. The van der Waals surface area contributed by atoms with Crippen LogP contribution < -0.4 is 11.0 Å². The molecular formula is C15H23N3O2. The first-order valence-electron chi connectivity index (χ1n) is 6.73. The highest BCUT2D eigenvalue weighted by atomic mass is 16.3. The molecule has 2 heterocycles. The molecule has 1 aromatic carbocycles. The van der Waals surface area contributed by atoms with E-state index in [9.17, 15) is 9.90 Å². The lowest BCUT2D eigenvalue weighted by atomic mass is 9.99. The number of rotatable bonds is 2. The Kier molecular flexibility index (Phi) is 4.01. The van der Waals surface area contributed by atoms with Crippen molar-refractivity contribution in [2.24, 2.45) is 0 Å². The highest BCUT2D eigenvalue weighted by Gasteiger charge is 2.28. The van der Waals surface area contributed by atoms with E-state index < -0.39 is 6.10 Å². The summed E-state index contributed by atoms with van der Waals surface area (Å²) < 4.78 is 1.73. The second-order valence-electron chi connectivity index (χ2n) is 5.49. The van der Waals surface area contributed by atoms with E-state index in [4.69, 9.17) is 0 Å². The number of aryl methyl sites for hydroxylation is 1. The number of nitrogens with one attached hydrogen (secondary N) is 2. The molecule has 0 fully saturated rings. The Morgan fingerprint density at radius 2 is 2.20 bits per heavy atom. The molecule has 1 aromatic heterocycles. The lowest BCUT2D eigenvalue weighted by molar-refractivity contribution is 0.121. The number of hydrogen-bond donors (Lipinski definition) is 3. The van der Waals surface area contributed by atoms with Crippen LogP contribution in [0, 0.1) is 0 Å². The molecule has 110 valence electrons. The number of H-pyrrole nitrogens is 1. The van der Waals surface area contributed by atoms with Gasteiger partial charge in [0.15, 0.2) is 0 Å². The Hall–Kier alpha value is -1.59. The lowest BCUT2D eigenvalue weighted by Gasteiger charge is -2.24. The number of hydrogen-bond acceptors (Lipinski definition) is 3. The summed E-state index contributed by atoms with van der Waals surface area (Å²) in [6.07, 6.45) is 0.149. The maximum Gasteiger partial charge on any atom is 0.326 e. The molecule has 0 aliphatic carbocycles. The summed E-state index contributed by atoms with van der Waals surface area (Å²) in [6.45, 7) is 4.74. The van der Waals surface area contributed by atoms with E-state index in [2.05, 4.69) is 24.1 Å². The maximum absolute atomic E-state index is 11.9. The minimum absolute atomic E-state index is 0. The molecule has 0 spiro atoms. The zero-order valence-corrected chi connectivity index (χ0v) is 11.2. The predicted molar refractivity (Wildman–Crippen MR) is 80.9 cm³/mol. The Labute approximate surface area is 118 Å². The van der Waals surface area contributed by atoms with Crippen LogP contribution in [0.4, 0.5) is 0 Å². The topological polar surface area (TPSA) is 70.0 Å². The molecular weight excluding hydrogens is 254 g/mol. The summed E-state index contributed by atoms with van der Waals surface area (Å²) in [5, 5.41) is 14.0. The van der Waals surface area contributed by atoms with Crippen molar-refractivity contribution in [1.29, 1.82) is 0 Å². The van der Waals surface area contributed by atoms with E-state index in [-0.39, 0.29) is 19.2 Å². The fourth-order valence-electron chi connectivity index (χ4n) is 2.95. The van der Waals surface area contributed by atoms with Crippen molar-refractivity contribution in [3.05, 3.63) is 34.2 Å². The van der Waals surface area contributed by atoms with Crippen LogP contribution in [0.1, 0.15) is 39.4 Å². The third-order valence-corrected chi connectivity index (χ3v) is 3.73. The summed E-state index contributed by atoms with van der Waals surface area (Å²) in [5.74, 6) is 0. The minimum atomic E-state index is -0.588. The number of aliphatic hydroxyl groups is 1. The summed E-state index contributed by atoms with van der Waals surface area (Å²) in [7, 11) is 0. The van der Waals surface area contributed by atoms with Crippen molar-refractivity contribution in [3.63, 3.8) is 0 Å². The van der Waals surface area contributed by atoms with Crippen LogP contribution in [0.5, 0.6) is 0 Å². The molecule has 5 heteroatoms. The van der Waals surface area contributed by atoms with Crippen molar-refractivity contribution < 1.29 is 5.11 Å². The lowest BCUT2D eigenvalue weighted by Crippen LogP contribution is -2.39. The number of aliphatic hydroxyl groups excluding tert-OH is 1. The van der Waals surface area contributed by atoms with E-state index in [1.807, 2.05) is 18.2 Å². The van der Waals surface area contributed by atoms with E-state index >= 15 is 0 Å². The molecule has 0 amide bonds. The molecule has 3 N–H and O–H groups in total. The summed E-state index contributed by atoms with van der Waals surface area (Å²) in [4.78, 5) is 14.8. The van der Waals surface area contributed by atoms with Crippen molar-refractivity contribution in [3.8, 4) is 0 Å². The molecule has 0 radical (unpaired) electrons. The van der Waals surface area contributed by atoms with Crippen LogP contribution in [0.25, 0.3) is 11.0 Å². The smallest absolute Gasteiger partial charge is 0.326 e. The SMILES string of the molecule is C.CC(C)N[C@@H]1CCn2c(=O)[nH]c3cccc(c32)[C@H]1O. The Morgan fingerprint density at radius 1 is 1.45 bits per heavy atom. The zero-order chi connectivity index (χ0) is 13.6. The van der Waals surface area contributed by atoms with Crippen LogP contribution in [0.3, 0.4) is 0 Å². The van der Waals surface area contributed by atoms with Gasteiger partial charge >= 0.3 is 5.69 Å². The predicted octanol–water partition coefficient (Wildman–Crippen LogP) is 1.77. The maximum atomic E-state index is 11.9. The molecule has 2 aromatic rings. The van der Waals surface area contributed by atoms with Crippen LogP contribution >= 0.6 is 0 Å². The van der Waals surface area contributed by atoms with Gasteiger partial charge in [-0.1, -0.05) is 33.4 Å². The zero-order valence-electron chi connectivity index (χ0n) is 11.2. The van der Waals surface area contributed by atoms with Crippen molar-refractivity contribution >= 4 is 11.0 Å². The number of para-hydroxylation sites is 1. The summed E-state index contributed by atoms with van der Waals surface area (Å²) in [6, 6.07) is 5.93. The van der Waals surface area contributed by atoms with Gasteiger partial charge in [0, 0.05) is 24.2 Å². The van der Waals surface area contributed by atoms with Gasteiger partial charge in [-0.15, -0.1) is 0 Å². The van der Waals surface area contributed by atoms with Crippen molar-refractivity contribution in [1.82, 2.24) is 14.9 Å². The second-order valence-corrected chi connectivity index (χ2v) is 5.49. The van der Waals surface area contributed by atoms with Gasteiger partial charge in [-0.25, -0.2) is 4.79 Å². The Balaban J connectivity index is 0.00000147. The van der Waals surface area contributed by atoms with Crippen LogP contribution in [-0.2, 0) is 6.54 Å². The number of imidazole rings is 1. The normalized spacial score (nSPS) is 21.8. The van der Waals surface area contributed by atoms with Gasteiger partial charge in [-0.05, 0) is 12.5 Å². The van der Waals surface area contributed by atoms with Gasteiger partial charge in [0.25, 0.3) is 0 Å². The molecule has 0 unspecified atom stereocenters. The van der Waals surface area contributed by atoms with Crippen molar-refractivity contribution in [2.75, 3.05) is 0 Å². The van der Waals surface area contributed by atoms with Crippen LogP contribution in [0.15, 0.2) is 23.0 Å². The summed E-state index contributed by atoms with van der Waals surface area (Å²) >= 11 is 0. The second kappa shape index (κ2) is 5.42. The monoisotopic (exact) mass is 277 g/mol. The number of nitrogens with zero attached hydrogens (tertiary/aromatic N) is 1. The Morgan fingerprint density at radius 3 is 2.90 bits per heavy atom. The number of aromatic nitrogens is 2. The summed E-state index contributed by atoms with van der Waals surface area (Å²) in [5.41, 5.74) is 2.37. The quantitative estimate of drug-likeness (QED) is 0.783. The molecule has 2 atom stereocenters. The average molecular weight is 277 g/mol. The molecule has 3 rings (SSSR count). The largest absolute Gasteiger partial charge is 0.387 e. The molecule has 20 heavy (non-hydrogen) atoms. The van der Waals surface area contributed by atoms with Gasteiger partial charge < -0.3 is 15.4 Å². The highest BCUT2D eigenvalue weighted by molar-refractivity contribution is 5.79. The molecule has 5 nitrogen and oxygen atoms in total. The fourth-order valence-corrected chi connectivity index (χ4v) is 2.95. The molecule has 0 saturated heterocycles. The first-order chi connectivity index (χ1) is 9.08. The van der Waals surface area contributed by atoms with Crippen molar-refractivity contribution in [2.45, 2.75) is 52.4 Å². The molecule has 1 aliphatic heterocycles.